The first-order valence-corrected chi connectivity index (χ1v) is 49.7. The normalized spacial score (nSPS) is 13.6. The summed E-state index contributed by atoms with van der Waals surface area (Å²) < 4.78 is 28.8. The van der Waals surface area contributed by atoms with E-state index in [1.165, 1.54) is 109 Å². The molecule has 0 aliphatic heterocycles. The Balaban J connectivity index is 0.000000169. The summed E-state index contributed by atoms with van der Waals surface area (Å²) in [5.41, 5.74) is 4.39. The van der Waals surface area contributed by atoms with Crippen LogP contribution < -0.4 is 74.8 Å². The van der Waals surface area contributed by atoms with Crippen molar-refractivity contribution < 1.29 is 44.0 Å². The third kappa shape index (κ3) is 32.9. The van der Waals surface area contributed by atoms with E-state index in [9.17, 15) is 18.4 Å². The van der Waals surface area contributed by atoms with Gasteiger partial charge in [-0.15, -0.1) is 0 Å². The number of carbonyl (C=O) groups is 1. The number of benzene rings is 14. The smallest absolute Gasteiger partial charge is 0.423 e. The molecule has 2 heterocycles. The molecule has 6 N–H and O–H groups in total. The number of aromatic nitrogens is 4. The van der Waals surface area contributed by atoms with Crippen molar-refractivity contribution in [1.82, 2.24) is 19.9 Å². The zero-order valence-corrected chi connectivity index (χ0v) is 79.8. The van der Waals surface area contributed by atoms with Gasteiger partial charge in [0.2, 0.25) is 0 Å². The minimum atomic E-state index is -1.59. The van der Waals surface area contributed by atoms with Crippen molar-refractivity contribution in [3.05, 3.63) is 496 Å². The van der Waals surface area contributed by atoms with E-state index in [-0.39, 0.29) is 52.2 Å². The summed E-state index contributed by atoms with van der Waals surface area (Å²) in [6, 6.07) is 141. The number of aromatic amines is 4. The average molecular weight is 2030 g/mol. The van der Waals surface area contributed by atoms with Crippen LogP contribution in [0, 0.1) is 34.2 Å². The Kier molecular flexibility index (Phi) is 45.3. The summed E-state index contributed by atoms with van der Waals surface area (Å²) in [7, 11) is -3.37. The number of hydrogen-bond acceptors (Lipinski definition) is 5. The maximum Gasteiger partial charge on any atom is 0.488 e. The van der Waals surface area contributed by atoms with Crippen molar-refractivity contribution in [3.8, 4) is 0 Å². The maximum absolute atomic E-state index is 13.3. The topological polar surface area (TPSA) is 138 Å². The fourth-order valence-electron chi connectivity index (χ4n) is 14.9. The first-order valence-electron chi connectivity index (χ1n) is 42.4. The molecule has 3 aliphatic rings. The van der Waals surface area contributed by atoms with Gasteiger partial charge in [-0.1, -0.05) is 453 Å². The first kappa shape index (κ1) is 103. The molecule has 0 saturated carbocycles. The zero-order chi connectivity index (χ0) is 88.4. The Morgan fingerprint density at radius 3 is 0.869 bits per heavy atom. The van der Waals surface area contributed by atoms with Crippen LogP contribution in [-0.4, -0.2) is 43.4 Å². The van der Waals surface area contributed by atoms with Crippen LogP contribution in [0.5, 0.6) is 0 Å². The quantitative estimate of drug-likeness (QED) is 0.0195. The number of halogens is 4. The van der Waals surface area contributed by atoms with Gasteiger partial charge < -0.3 is 34.8 Å². The second-order valence-electron chi connectivity index (χ2n) is 29.8. The fourth-order valence-corrected chi connectivity index (χ4v) is 25.5. The predicted octanol–water partition coefficient (Wildman–Crippen LogP) is 23.0. The summed E-state index contributed by atoms with van der Waals surface area (Å²) in [5.74, 6) is 0.827. The summed E-state index contributed by atoms with van der Waals surface area (Å²) in [6.07, 6.45) is 20.5. The molecule has 0 spiro atoms. The molecule has 0 amide bonds. The molecule has 8 nitrogen and oxygen atoms in total. The van der Waals surface area contributed by atoms with Crippen LogP contribution in [0.15, 0.2) is 457 Å². The van der Waals surface area contributed by atoms with E-state index in [1.54, 1.807) is 18.3 Å². The zero-order valence-electron chi connectivity index (χ0n) is 70.6. The number of imidazole rings is 2. The number of nitrogens with one attached hydrogen (secondary N) is 4. The van der Waals surface area contributed by atoms with Crippen LogP contribution in [0.3, 0.4) is 0 Å². The Labute approximate surface area is 807 Å². The van der Waals surface area contributed by atoms with Crippen LogP contribution in [0.1, 0.15) is 76.8 Å². The van der Waals surface area contributed by atoms with Gasteiger partial charge in [-0.2, -0.15) is 0 Å². The van der Waals surface area contributed by atoms with Crippen LogP contribution >= 0.6 is 75.8 Å². The van der Waals surface area contributed by atoms with E-state index in [4.69, 9.17) is 22.3 Å². The number of allylic oxidation sites excluding steroid dienone is 6. The van der Waals surface area contributed by atoms with Crippen LogP contribution in [0.25, 0.3) is 5.57 Å². The number of H-pyrrole nitrogens is 4. The molecule has 0 fully saturated rings. The van der Waals surface area contributed by atoms with E-state index in [1.807, 2.05) is 12.3 Å². The van der Waals surface area contributed by atoms with Gasteiger partial charge in [0.05, 0.1) is 0 Å². The van der Waals surface area contributed by atoms with Gasteiger partial charge in [-0.05, 0) is 227 Å². The second kappa shape index (κ2) is 57.0. The van der Waals surface area contributed by atoms with E-state index in [0.29, 0.717) is 28.9 Å². The van der Waals surface area contributed by atoms with Gasteiger partial charge in [0.1, 0.15) is 17.9 Å². The largest absolute Gasteiger partial charge is 0.488 e. The maximum atomic E-state index is 13.3. The predicted molar refractivity (Wildman–Crippen MR) is 562 cm³/mol. The molecule has 130 heavy (non-hydrogen) atoms. The molecule has 2 aromatic heterocycles. The number of carbonyl (C=O) groups excluding carboxylic acids is 1. The molecule has 19 rings (SSSR count). The average Bonchev–Trinajstić information content (AvgIpc) is 1.64. The van der Waals surface area contributed by atoms with Crippen molar-refractivity contribution in [2.45, 2.75) is 72.6 Å². The Morgan fingerprint density at radius 2 is 0.623 bits per heavy atom. The SMILES string of the molecule is C.C.Fc1cccc(C2=CCCC2Cc2c[nH]c(=S)[nH]2)c1.O=CCC1CCC=C1Br.O=c1[nH]cc(CC2CCC=C2Br)[nH]1.OB(O)c1cccc(F)c1.[Pd].c1ccc(P(c2ccccc2)c2ccccc2)cc1.c1ccc(P(c2ccccc2)c2ccccc2)cc1.c1ccc(P(c2ccccc2)c2ccccc2)cc1.c1ccc(P(c2ccccc2)c2ccccc2)cc1. The Morgan fingerprint density at radius 1 is 0.354 bits per heavy atom. The molecule has 0 radical (unpaired) electrons. The Hall–Kier alpha value is -10.4. The van der Waals surface area contributed by atoms with E-state index in [0.717, 1.165) is 74.2 Å². The minimum absolute atomic E-state index is 0. The number of aldehydes is 1. The van der Waals surface area contributed by atoms with Gasteiger partial charge in [0.15, 0.2) is 4.77 Å². The van der Waals surface area contributed by atoms with E-state index < -0.39 is 44.6 Å². The molecular formula is C111H109BBr2F2N4O4P4PdS. The van der Waals surface area contributed by atoms with Gasteiger partial charge in [0.25, 0.3) is 0 Å². The monoisotopic (exact) mass is 2030 g/mol. The first-order chi connectivity index (χ1) is 62.3. The van der Waals surface area contributed by atoms with E-state index in [2.05, 4.69) is 434 Å². The van der Waals surface area contributed by atoms with Gasteiger partial charge in [0, 0.05) is 50.6 Å². The summed E-state index contributed by atoms with van der Waals surface area (Å²) in [5, 5.41) is 33.9. The van der Waals surface area contributed by atoms with Gasteiger partial charge in [-0.3, -0.25) is 0 Å². The van der Waals surface area contributed by atoms with E-state index >= 15 is 0 Å². The molecule has 14 aromatic carbocycles. The molecular weight excluding hydrogens is 1920 g/mol. The third-order valence-corrected chi connectivity index (χ3v) is 32.8. The molecule has 3 aliphatic carbocycles. The van der Waals surface area contributed by atoms with Crippen molar-refractivity contribution in [2.75, 3.05) is 0 Å². The third-order valence-electron chi connectivity index (χ3n) is 20.9. The number of rotatable bonds is 20. The molecule has 16 aromatic rings. The molecule has 664 valence electrons. The van der Waals surface area contributed by atoms with Crippen molar-refractivity contribution in [1.29, 1.82) is 0 Å². The van der Waals surface area contributed by atoms with Gasteiger partial charge in [-0.25, -0.2) is 13.6 Å². The molecule has 0 saturated heterocycles. The fraction of sp³-hybridized carbons (Fsp3) is 0.126. The van der Waals surface area contributed by atoms with Crippen LogP contribution in [-0.2, 0) is 38.1 Å². The van der Waals surface area contributed by atoms with Crippen LogP contribution in [0.2, 0.25) is 0 Å². The molecule has 19 heteroatoms. The van der Waals surface area contributed by atoms with Crippen molar-refractivity contribution in [3.63, 3.8) is 0 Å². The molecule has 3 unspecified atom stereocenters. The summed E-state index contributed by atoms with van der Waals surface area (Å²) >= 11 is 12.0. The van der Waals surface area contributed by atoms with Gasteiger partial charge >= 0.3 is 12.8 Å². The standard InChI is InChI=1S/4C18H15P.C15H15FN2S.C9H11BrN2O.C7H9BrO.C6H6BFO2.2CH4.Pd/c4*1-4-10-16(11-5-1)19(17-12-6-2-7-13-17)18-14-8-3-9-15-18;16-12-5-1-3-10(7-12)14-6-2-4-11(14)8-13-9-17-15(19)18-13;10-8-3-1-2-6(8)4-7-5-11-9(13)12-7;8-7-3-1-2-6(7)4-5-9;8-6-3-1-2-5(4-6)7(9)10;;;/h4*1-15H;1,3,5-7,9,11H,2,4,8H2,(H2,17,18,19);3,5-6H,1-2,4H2,(H2,11,12,13);3,5-6H,1-2,4H2;1-4,9-10H;2*1H4;. The molecule has 3 atom stereocenters. The summed E-state index contributed by atoms with van der Waals surface area (Å²) in [6.45, 7) is 0. The summed E-state index contributed by atoms with van der Waals surface area (Å²) in [4.78, 5) is 32.4. The minimum Gasteiger partial charge on any atom is -0.423 e. The van der Waals surface area contributed by atoms with Crippen molar-refractivity contribution in [2.24, 2.45) is 17.8 Å². The second-order valence-corrected chi connectivity index (χ2v) is 40.9. The van der Waals surface area contributed by atoms with Crippen LogP contribution in [0.4, 0.5) is 8.78 Å². The Bertz CT molecular complexity index is 5250. The van der Waals surface area contributed by atoms with Crippen molar-refractivity contribution >= 4 is 164 Å². The molecule has 0 bridgehead atoms. The number of hydrogen-bond donors (Lipinski definition) is 6.